The molecule has 170 valence electrons. The van der Waals surface area contributed by atoms with Crippen molar-refractivity contribution >= 4 is 22.8 Å². The summed E-state index contributed by atoms with van der Waals surface area (Å²) < 4.78 is 11.4. The lowest BCUT2D eigenvalue weighted by Gasteiger charge is -2.46. The molecule has 1 amide bonds. The zero-order valence-corrected chi connectivity index (χ0v) is 18.4. The number of nitrogens with zero attached hydrogens (tertiary/aromatic N) is 2. The standard InChI is InChI=1S/C23H26N2O7/c1-11-16(20(23(29)30)25-19(11)18(12(2)26)22(25)28)10-31-14-5-6-17-15(7-14)21(27)13(9-32-17)8-24(3)4/h5-7,9,11-12,18-19,26H,8,10H2,1-4H3,(H,29,30)/t11?,12?,18?,19-/m1/s1. The van der Waals surface area contributed by atoms with Crippen LogP contribution >= 0.6 is 0 Å². The predicted octanol–water partition coefficient (Wildman–Crippen LogP) is 1.43. The molecule has 2 aromatic rings. The van der Waals surface area contributed by atoms with Crippen molar-refractivity contribution in [2.45, 2.75) is 32.5 Å². The number of benzene rings is 1. The molecule has 4 rings (SSSR count). The van der Waals surface area contributed by atoms with Gasteiger partial charge in [0.1, 0.15) is 23.6 Å². The van der Waals surface area contributed by atoms with Crippen LogP contribution in [0.3, 0.4) is 0 Å². The minimum Gasteiger partial charge on any atom is -0.489 e. The third-order valence-electron chi connectivity index (χ3n) is 6.21. The van der Waals surface area contributed by atoms with Gasteiger partial charge < -0.3 is 29.2 Å². The minimum atomic E-state index is -1.21. The van der Waals surface area contributed by atoms with Gasteiger partial charge in [0.25, 0.3) is 0 Å². The molecule has 1 aromatic heterocycles. The van der Waals surface area contributed by atoms with Gasteiger partial charge in [0, 0.05) is 23.6 Å². The molecule has 0 spiro atoms. The zero-order valence-electron chi connectivity index (χ0n) is 18.4. The predicted molar refractivity (Wildman–Crippen MR) is 115 cm³/mol. The smallest absolute Gasteiger partial charge is 0.352 e. The first-order chi connectivity index (χ1) is 15.1. The Morgan fingerprint density at radius 3 is 2.66 bits per heavy atom. The van der Waals surface area contributed by atoms with Gasteiger partial charge in [-0.1, -0.05) is 6.92 Å². The van der Waals surface area contributed by atoms with Crippen LogP contribution in [0.2, 0.25) is 0 Å². The third-order valence-corrected chi connectivity index (χ3v) is 6.21. The lowest BCUT2D eigenvalue weighted by atomic mass is 9.78. The van der Waals surface area contributed by atoms with Crippen LogP contribution < -0.4 is 10.2 Å². The van der Waals surface area contributed by atoms with Crippen LogP contribution in [0.25, 0.3) is 11.0 Å². The molecule has 0 saturated carbocycles. The van der Waals surface area contributed by atoms with E-state index in [-0.39, 0.29) is 29.6 Å². The molecular weight excluding hydrogens is 416 g/mol. The molecule has 1 aromatic carbocycles. The van der Waals surface area contributed by atoms with Crippen LogP contribution in [-0.2, 0) is 16.1 Å². The molecule has 0 bridgehead atoms. The van der Waals surface area contributed by atoms with Crippen molar-refractivity contribution in [1.82, 2.24) is 9.80 Å². The Morgan fingerprint density at radius 2 is 2.03 bits per heavy atom. The summed E-state index contributed by atoms with van der Waals surface area (Å²) in [6.45, 7) is 3.75. The molecule has 9 nitrogen and oxygen atoms in total. The number of hydrogen-bond acceptors (Lipinski definition) is 7. The van der Waals surface area contributed by atoms with E-state index >= 15 is 0 Å². The van der Waals surface area contributed by atoms with Gasteiger partial charge >= 0.3 is 5.97 Å². The monoisotopic (exact) mass is 442 g/mol. The number of aliphatic hydroxyl groups is 1. The number of carboxylic acids is 1. The number of β-lactam (4-membered cyclic amide) rings is 1. The molecule has 32 heavy (non-hydrogen) atoms. The summed E-state index contributed by atoms with van der Waals surface area (Å²) in [7, 11) is 3.71. The number of aliphatic hydroxyl groups excluding tert-OH is 1. The number of fused-ring (bicyclic) bond motifs is 2. The molecule has 1 saturated heterocycles. The fraction of sp³-hybridized carbons (Fsp3) is 0.435. The molecule has 9 heteroatoms. The Bertz CT molecular complexity index is 1180. The first kappa shape index (κ1) is 22.0. The van der Waals surface area contributed by atoms with Crippen LogP contribution in [0.4, 0.5) is 0 Å². The van der Waals surface area contributed by atoms with E-state index < -0.39 is 24.0 Å². The van der Waals surface area contributed by atoms with Crippen LogP contribution in [0.5, 0.6) is 5.75 Å². The molecule has 3 unspecified atom stereocenters. The van der Waals surface area contributed by atoms with Crippen LogP contribution in [0.15, 0.2) is 44.9 Å². The molecule has 2 N–H and O–H groups in total. The molecule has 2 aliphatic heterocycles. The first-order valence-corrected chi connectivity index (χ1v) is 10.4. The van der Waals surface area contributed by atoms with Gasteiger partial charge in [-0.2, -0.15) is 0 Å². The van der Waals surface area contributed by atoms with E-state index in [9.17, 15) is 24.6 Å². The average molecular weight is 442 g/mol. The van der Waals surface area contributed by atoms with Crippen molar-refractivity contribution in [2.24, 2.45) is 11.8 Å². The maximum Gasteiger partial charge on any atom is 0.352 e. The second-order valence-electron chi connectivity index (χ2n) is 8.71. The summed E-state index contributed by atoms with van der Waals surface area (Å²) in [5.41, 5.74) is 1.19. The highest BCUT2D eigenvalue weighted by molar-refractivity contribution is 6.00. The van der Waals surface area contributed by atoms with Gasteiger partial charge in [0.15, 0.2) is 5.43 Å². The number of rotatable bonds is 7. The van der Waals surface area contributed by atoms with E-state index in [0.29, 0.717) is 34.4 Å². The summed E-state index contributed by atoms with van der Waals surface area (Å²) >= 11 is 0. The number of aliphatic carboxylic acids is 1. The average Bonchev–Trinajstić information content (AvgIpc) is 2.96. The van der Waals surface area contributed by atoms with Gasteiger partial charge in [-0.05, 0) is 39.2 Å². The largest absolute Gasteiger partial charge is 0.489 e. The maximum absolute atomic E-state index is 12.8. The van der Waals surface area contributed by atoms with E-state index in [1.165, 1.54) is 18.1 Å². The lowest BCUT2D eigenvalue weighted by Crippen LogP contribution is -2.63. The summed E-state index contributed by atoms with van der Waals surface area (Å²) in [6, 6.07) is 4.47. The second-order valence-corrected chi connectivity index (χ2v) is 8.71. The Kier molecular flexibility index (Phi) is 5.56. The number of ether oxygens (including phenoxy) is 1. The quantitative estimate of drug-likeness (QED) is 0.618. The first-order valence-electron chi connectivity index (χ1n) is 10.4. The normalized spacial score (nSPS) is 23.5. The zero-order chi connectivity index (χ0) is 23.3. The van der Waals surface area contributed by atoms with E-state index in [1.54, 1.807) is 18.2 Å². The van der Waals surface area contributed by atoms with E-state index in [4.69, 9.17) is 9.15 Å². The number of hydrogen-bond donors (Lipinski definition) is 2. The Labute approximate surface area is 184 Å². The maximum atomic E-state index is 12.8. The molecular formula is C23H26N2O7. The number of carbonyl (C=O) groups excluding carboxylic acids is 1. The highest BCUT2D eigenvalue weighted by Gasteiger charge is 2.59. The summed E-state index contributed by atoms with van der Waals surface area (Å²) in [4.78, 5) is 40.3. The number of amides is 1. The molecule has 3 heterocycles. The van der Waals surface area contributed by atoms with Gasteiger partial charge in [-0.15, -0.1) is 0 Å². The van der Waals surface area contributed by atoms with E-state index in [0.717, 1.165) is 0 Å². The molecule has 1 fully saturated rings. The molecule has 4 atom stereocenters. The van der Waals surface area contributed by atoms with Crippen molar-refractivity contribution < 1.29 is 29.0 Å². The molecule has 0 aliphatic carbocycles. The van der Waals surface area contributed by atoms with Crippen LogP contribution in [-0.4, -0.2) is 64.7 Å². The second kappa shape index (κ2) is 8.07. The number of carboxylic acid groups (broad SMARTS) is 1. The Morgan fingerprint density at radius 1 is 1.31 bits per heavy atom. The highest BCUT2D eigenvalue weighted by Crippen LogP contribution is 2.47. The van der Waals surface area contributed by atoms with Crippen LogP contribution in [0.1, 0.15) is 19.4 Å². The van der Waals surface area contributed by atoms with Gasteiger partial charge in [0.2, 0.25) is 5.91 Å². The molecule has 2 aliphatic rings. The molecule has 0 radical (unpaired) electrons. The van der Waals surface area contributed by atoms with Crippen molar-refractivity contribution in [3.05, 3.63) is 51.5 Å². The van der Waals surface area contributed by atoms with Crippen molar-refractivity contribution in [2.75, 3.05) is 20.7 Å². The summed E-state index contributed by atoms with van der Waals surface area (Å²) in [5.74, 6) is -2.11. The van der Waals surface area contributed by atoms with Crippen molar-refractivity contribution in [3.8, 4) is 5.75 Å². The van der Waals surface area contributed by atoms with Crippen molar-refractivity contribution in [1.29, 1.82) is 0 Å². The van der Waals surface area contributed by atoms with Gasteiger partial charge in [-0.25, -0.2) is 4.79 Å². The lowest BCUT2D eigenvalue weighted by molar-refractivity contribution is -0.163. The Hall–Kier alpha value is -3.17. The van der Waals surface area contributed by atoms with E-state index in [1.807, 2.05) is 25.9 Å². The summed E-state index contributed by atoms with van der Waals surface area (Å²) in [5, 5.41) is 20.0. The Balaban J connectivity index is 1.61. The van der Waals surface area contributed by atoms with Crippen molar-refractivity contribution in [3.63, 3.8) is 0 Å². The number of carbonyl (C=O) groups is 2. The fourth-order valence-electron chi connectivity index (χ4n) is 4.69. The topological polar surface area (TPSA) is 121 Å². The van der Waals surface area contributed by atoms with Gasteiger partial charge in [-0.3, -0.25) is 9.59 Å². The SMILES string of the molecule is CC(O)C1C(=O)N2C(C(=O)O)=C(COc3ccc4occ(CN(C)C)c(=O)c4c3)C(C)[C@H]12. The highest BCUT2D eigenvalue weighted by atomic mass is 16.5. The van der Waals surface area contributed by atoms with Gasteiger partial charge in [0.05, 0.1) is 29.7 Å². The minimum absolute atomic E-state index is 0.0517. The third kappa shape index (κ3) is 3.47. The summed E-state index contributed by atoms with van der Waals surface area (Å²) in [6.07, 6.45) is 0.590. The van der Waals surface area contributed by atoms with Crippen LogP contribution in [0, 0.1) is 11.8 Å². The van der Waals surface area contributed by atoms with E-state index in [2.05, 4.69) is 0 Å². The fourth-order valence-corrected chi connectivity index (χ4v) is 4.69.